The number of fused-ring (bicyclic) bond motifs is 8. The van der Waals surface area contributed by atoms with Crippen LogP contribution in [0.15, 0.2) is 273 Å². The molecule has 0 aliphatic carbocycles. The molecule has 13 aromatic rings. The molecule has 0 aliphatic heterocycles. The molecule has 13 rings (SSSR count). The highest BCUT2D eigenvalue weighted by Crippen LogP contribution is 2.50. The lowest BCUT2D eigenvalue weighted by Crippen LogP contribution is -2.10. The third-order valence-corrected chi connectivity index (χ3v) is 14.0. The van der Waals surface area contributed by atoms with Gasteiger partial charge in [0.1, 0.15) is 0 Å². The van der Waals surface area contributed by atoms with Crippen LogP contribution in [0.5, 0.6) is 0 Å². The van der Waals surface area contributed by atoms with E-state index in [1.807, 2.05) is 0 Å². The van der Waals surface area contributed by atoms with Crippen LogP contribution in [0.2, 0.25) is 0 Å². The summed E-state index contributed by atoms with van der Waals surface area (Å²) in [6, 6.07) is 100. The molecule has 0 fully saturated rings. The first kappa shape index (κ1) is 40.3. The van der Waals surface area contributed by atoms with Crippen molar-refractivity contribution in [3.8, 4) is 55.6 Å². The van der Waals surface area contributed by atoms with Gasteiger partial charge in [-0.2, -0.15) is 0 Å². The number of hydrogen-bond donors (Lipinski definition) is 0. The van der Waals surface area contributed by atoms with E-state index in [-0.39, 0.29) is 0 Å². The standard InChI is InChI=1S/C68H45N/c1-4-18-50(19-5-1)63-45-64(51-20-6-2-7-21-51)67-61-27-15-14-26-60(61)65-44-59(40-41-62(65)68(67)66(63)52-22-8-3-9-23-52)69(57-36-32-48(33-37-57)55-30-28-46-16-10-12-24-53(46)42-55)58-38-34-49(35-39-58)56-31-29-47-17-11-13-25-54(47)43-56/h1-45H. The normalized spacial score (nSPS) is 11.5. The Hall–Kier alpha value is -9.04. The van der Waals surface area contributed by atoms with Gasteiger partial charge in [0.2, 0.25) is 0 Å². The Morgan fingerprint density at radius 2 is 0.623 bits per heavy atom. The van der Waals surface area contributed by atoms with E-state index in [0.29, 0.717) is 0 Å². The highest BCUT2D eigenvalue weighted by Gasteiger charge is 2.23. The van der Waals surface area contributed by atoms with Gasteiger partial charge in [-0.15, -0.1) is 0 Å². The summed E-state index contributed by atoms with van der Waals surface area (Å²) in [6.45, 7) is 0. The number of rotatable bonds is 8. The van der Waals surface area contributed by atoms with Crippen LogP contribution in [0.1, 0.15) is 0 Å². The lowest BCUT2D eigenvalue weighted by molar-refractivity contribution is 1.29. The van der Waals surface area contributed by atoms with Gasteiger partial charge in [0.15, 0.2) is 0 Å². The molecule has 322 valence electrons. The van der Waals surface area contributed by atoms with Gasteiger partial charge in [-0.3, -0.25) is 0 Å². The van der Waals surface area contributed by atoms with Crippen LogP contribution in [0.3, 0.4) is 0 Å². The Kier molecular flexibility index (Phi) is 9.91. The van der Waals surface area contributed by atoms with Gasteiger partial charge in [0.25, 0.3) is 0 Å². The van der Waals surface area contributed by atoms with Gasteiger partial charge in [-0.25, -0.2) is 0 Å². The molecule has 0 amide bonds. The van der Waals surface area contributed by atoms with Crippen molar-refractivity contribution < 1.29 is 0 Å². The third-order valence-electron chi connectivity index (χ3n) is 14.0. The number of hydrogen-bond acceptors (Lipinski definition) is 1. The van der Waals surface area contributed by atoms with Crippen molar-refractivity contribution >= 4 is 70.9 Å². The van der Waals surface area contributed by atoms with Crippen molar-refractivity contribution in [3.63, 3.8) is 0 Å². The number of nitrogens with zero attached hydrogens (tertiary/aromatic N) is 1. The Labute approximate surface area is 402 Å². The Morgan fingerprint density at radius 3 is 1.17 bits per heavy atom. The summed E-state index contributed by atoms with van der Waals surface area (Å²) < 4.78 is 0. The molecular formula is C68H45N. The molecule has 0 heterocycles. The largest absolute Gasteiger partial charge is 0.310 e. The second kappa shape index (κ2) is 17.0. The first-order chi connectivity index (χ1) is 34.2. The van der Waals surface area contributed by atoms with Crippen molar-refractivity contribution in [3.05, 3.63) is 273 Å². The first-order valence-electron chi connectivity index (χ1n) is 23.8. The summed E-state index contributed by atoms with van der Waals surface area (Å²) in [5.74, 6) is 0. The van der Waals surface area contributed by atoms with E-state index in [0.717, 1.165) is 17.1 Å². The first-order valence-corrected chi connectivity index (χ1v) is 23.8. The highest BCUT2D eigenvalue weighted by atomic mass is 15.1. The summed E-state index contributed by atoms with van der Waals surface area (Å²) >= 11 is 0. The van der Waals surface area contributed by atoms with Crippen LogP contribution in [-0.4, -0.2) is 0 Å². The molecule has 69 heavy (non-hydrogen) atoms. The zero-order valence-electron chi connectivity index (χ0n) is 37.9. The van der Waals surface area contributed by atoms with Gasteiger partial charge in [-0.1, -0.05) is 218 Å². The average Bonchev–Trinajstić information content (AvgIpc) is 3.43. The summed E-state index contributed by atoms with van der Waals surface area (Å²) in [5.41, 5.74) is 15.3. The van der Waals surface area contributed by atoms with E-state index in [1.54, 1.807) is 0 Å². The molecule has 0 atom stereocenters. The fourth-order valence-corrected chi connectivity index (χ4v) is 10.7. The van der Waals surface area contributed by atoms with E-state index in [2.05, 4.69) is 278 Å². The zero-order valence-corrected chi connectivity index (χ0v) is 37.9. The summed E-state index contributed by atoms with van der Waals surface area (Å²) in [6.07, 6.45) is 0. The maximum absolute atomic E-state index is 2.44. The predicted octanol–water partition coefficient (Wildman–Crippen LogP) is 19.3. The Bertz CT molecular complexity index is 3900. The summed E-state index contributed by atoms with van der Waals surface area (Å²) in [5, 5.41) is 12.4. The molecule has 0 aromatic heterocycles. The lowest BCUT2D eigenvalue weighted by Gasteiger charge is -2.27. The minimum atomic E-state index is 1.09. The van der Waals surface area contributed by atoms with Crippen molar-refractivity contribution in [1.82, 2.24) is 0 Å². The van der Waals surface area contributed by atoms with Crippen LogP contribution < -0.4 is 4.90 Å². The molecule has 0 radical (unpaired) electrons. The van der Waals surface area contributed by atoms with Gasteiger partial charge in [0, 0.05) is 17.1 Å². The SMILES string of the molecule is c1ccc(-c2cc(-c3ccccc3)c3c4ccccc4c4cc(N(c5ccc(-c6ccc7ccccc7c6)cc5)c5ccc(-c6ccc7ccccc7c6)cc5)ccc4c3c2-c2ccccc2)cc1. The molecule has 1 nitrogen and oxygen atoms in total. The fourth-order valence-electron chi connectivity index (χ4n) is 10.7. The van der Waals surface area contributed by atoms with Crippen LogP contribution in [0.4, 0.5) is 17.1 Å². The van der Waals surface area contributed by atoms with Crippen molar-refractivity contribution in [2.75, 3.05) is 4.90 Å². The average molecular weight is 876 g/mol. The minimum absolute atomic E-state index is 1.09. The number of anilines is 3. The maximum atomic E-state index is 2.44. The van der Waals surface area contributed by atoms with Crippen LogP contribution in [0.25, 0.3) is 109 Å². The van der Waals surface area contributed by atoms with Gasteiger partial charge in [-0.05, 0) is 164 Å². The second-order valence-corrected chi connectivity index (χ2v) is 18.0. The third kappa shape index (κ3) is 7.20. The molecule has 13 aromatic carbocycles. The van der Waals surface area contributed by atoms with Gasteiger partial charge in [0.05, 0.1) is 0 Å². The topological polar surface area (TPSA) is 3.24 Å². The van der Waals surface area contributed by atoms with Crippen molar-refractivity contribution in [2.45, 2.75) is 0 Å². The molecular weight excluding hydrogens is 831 g/mol. The smallest absolute Gasteiger partial charge is 0.0468 e. The molecule has 0 saturated carbocycles. The minimum Gasteiger partial charge on any atom is -0.310 e. The molecule has 0 spiro atoms. The summed E-state index contributed by atoms with van der Waals surface area (Å²) in [7, 11) is 0. The van der Waals surface area contributed by atoms with Crippen molar-refractivity contribution in [2.24, 2.45) is 0 Å². The van der Waals surface area contributed by atoms with Crippen LogP contribution >= 0.6 is 0 Å². The van der Waals surface area contributed by atoms with Crippen LogP contribution in [-0.2, 0) is 0 Å². The molecule has 1 heteroatoms. The Morgan fingerprint density at radius 1 is 0.203 bits per heavy atom. The second-order valence-electron chi connectivity index (χ2n) is 18.0. The summed E-state index contributed by atoms with van der Waals surface area (Å²) in [4.78, 5) is 2.42. The van der Waals surface area contributed by atoms with E-state index in [4.69, 9.17) is 0 Å². The molecule has 0 unspecified atom stereocenters. The maximum Gasteiger partial charge on any atom is 0.0468 e. The van der Waals surface area contributed by atoms with Crippen molar-refractivity contribution in [1.29, 1.82) is 0 Å². The quantitative estimate of drug-likeness (QED) is 0.138. The lowest BCUT2D eigenvalue weighted by atomic mass is 9.81. The molecule has 0 N–H and O–H groups in total. The van der Waals surface area contributed by atoms with E-state index < -0.39 is 0 Å². The van der Waals surface area contributed by atoms with Gasteiger partial charge < -0.3 is 4.90 Å². The molecule has 0 saturated heterocycles. The highest BCUT2D eigenvalue weighted by molar-refractivity contribution is 6.33. The van der Waals surface area contributed by atoms with Gasteiger partial charge >= 0.3 is 0 Å². The predicted molar refractivity (Wildman–Crippen MR) is 296 cm³/mol. The monoisotopic (exact) mass is 875 g/mol. The van der Waals surface area contributed by atoms with E-state index >= 15 is 0 Å². The molecule has 0 aliphatic rings. The zero-order chi connectivity index (χ0) is 45.7. The fraction of sp³-hybridized carbons (Fsp3) is 0. The number of benzene rings is 13. The molecule has 0 bridgehead atoms. The van der Waals surface area contributed by atoms with Crippen LogP contribution in [0, 0.1) is 0 Å². The van der Waals surface area contributed by atoms with E-state index in [9.17, 15) is 0 Å². The Balaban J connectivity index is 1.05. The van der Waals surface area contributed by atoms with E-state index in [1.165, 1.54) is 109 Å².